The number of aromatic amines is 1. The van der Waals surface area contributed by atoms with Crippen molar-refractivity contribution < 1.29 is 4.74 Å². The molecule has 3 heterocycles. The van der Waals surface area contributed by atoms with E-state index < -0.39 is 0 Å². The Morgan fingerprint density at radius 3 is 3.11 bits per heavy atom. The van der Waals surface area contributed by atoms with Gasteiger partial charge < -0.3 is 14.3 Å². The van der Waals surface area contributed by atoms with E-state index in [4.69, 9.17) is 17.0 Å². The molecular weight excluding hydrogens is 280 g/mol. The average molecular weight is 292 g/mol. The zero-order chi connectivity index (χ0) is 13.2. The predicted molar refractivity (Wildman–Crippen MR) is 77.3 cm³/mol. The number of hydrogen-bond donors (Lipinski definition) is 1. The number of fused-ring (bicyclic) bond motifs is 1. The number of H-pyrrole nitrogens is 1. The summed E-state index contributed by atoms with van der Waals surface area (Å²) in [5.74, 6) is 0.519. The van der Waals surface area contributed by atoms with Gasteiger partial charge in [-0.25, -0.2) is 4.98 Å². The lowest BCUT2D eigenvalue weighted by Gasteiger charge is -2.03. The summed E-state index contributed by atoms with van der Waals surface area (Å²) in [7, 11) is 1.58. The molecule has 0 saturated carbocycles. The number of ether oxygens (including phenoxy) is 1. The molecule has 0 radical (unpaired) electrons. The van der Waals surface area contributed by atoms with E-state index in [-0.39, 0.29) is 0 Å². The molecule has 1 N–H and O–H groups in total. The predicted octanol–water partition coefficient (Wildman–Crippen LogP) is 2.80. The Hall–Kier alpha value is -1.73. The van der Waals surface area contributed by atoms with Gasteiger partial charge in [-0.1, -0.05) is 6.07 Å². The molecule has 0 aliphatic rings. The second-order valence-electron chi connectivity index (χ2n) is 3.99. The summed E-state index contributed by atoms with van der Waals surface area (Å²) < 4.78 is 7.83. The van der Waals surface area contributed by atoms with Gasteiger partial charge in [0.1, 0.15) is 11.8 Å². The molecule has 3 rings (SSSR count). The van der Waals surface area contributed by atoms with Crippen LogP contribution in [0, 0.1) is 4.77 Å². The number of nitrogens with one attached hydrogen (secondary N) is 1. The molecule has 5 nitrogen and oxygen atoms in total. The summed E-state index contributed by atoms with van der Waals surface area (Å²) in [6.45, 7) is 0.791. The summed E-state index contributed by atoms with van der Waals surface area (Å²) in [6.07, 6.45) is 2.43. The van der Waals surface area contributed by atoms with Crippen molar-refractivity contribution in [1.29, 1.82) is 0 Å². The van der Waals surface area contributed by atoms with Crippen LogP contribution in [0.3, 0.4) is 0 Å². The van der Waals surface area contributed by atoms with Gasteiger partial charge in [-0.2, -0.15) is 4.98 Å². The molecule has 0 bridgehead atoms. The van der Waals surface area contributed by atoms with E-state index in [0.717, 1.165) is 24.1 Å². The Bertz CT molecular complexity index is 745. The topological polar surface area (TPSA) is 55.7 Å². The monoisotopic (exact) mass is 292 g/mol. The van der Waals surface area contributed by atoms with Gasteiger partial charge in [0, 0.05) is 11.4 Å². The lowest BCUT2D eigenvalue weighted by atomic mass is 10.3. The molecule has 0 atom stereocenters. The standard InChI is InChI=1S/C12H12N4OS2/c1-17-11-9-10(13-7-14-11)16(12(18)15-9)5-4-8-3-2-6-19-8/h2-3,6-7H,4-5H2,1H3,(H,15,18). The number of aryl methyl sites for hydroxylation is 2. The minimum absolute atomic E-state index is 0.519. The highest BCUT2D eigenvalue weighted by Crippen LogP contribution is 2.20. The SMILES string of the molecule is COc1ncnc2c1[nH]c(=S)n2CCc1cccs1. The largest absolute Gasteiger partial charge is 0.479 e. The number of thiophene rings is 1. The van der Waals surface area contributed by atoms with E-state index in [1.807, 2.05) is 4.57 Å². The molecular formula is C12H12N4OS2. The van der Waals surface area contributed by atoms with Gasteiger partial charge in [0.15, 0.2) is 10.4 Å². The van der Waals surface area contributed by atoms with Crippen LogP contribution in [0.2, 0.25) is 0 Å². The van der Waals surface area contributed by atoms with Gasteiger partial charge in [-0.3, -0.25) is 0 Å². The highest BCUT2D eigenvalue weighted by molar-refractivity contribution is 7.71. The van der Waals surface area contributed by atoms with E-state index >= 15 is 0 Å². The molecule has 7 heteroatoms. The van der Waals surface area contributed by atoms with Crippen LogP contribution in [0.15, 0.2) is 23.8 Å². The van der Waals surface area contributed by atoms with Crippen molar-refractivity contribution in [3.8, 4) is 5.88 Å². The Morgan fingerprint density at radius 1 is 1.47 bits per heavy atom. The summed E-state index contributed by atoms with van der Waals surface area (Å²) in [5.41, 5.74) is 1.54. The zero-order valence-corrected chi connectivity index (χ0v) is 11.9. The quantitative estimate of drug-likeness (QED) is 0.751. The second-order valence-corrected chi connectivity index (χ2v) is 5.41. The summed E-state index contributed by atoms with van der Waals surface area (Å²) in [5, 5.41) is 2.08. The third-order valence-electron chi connectivity index (χ3n) is 2.88. The number of imidazole rings is 1. The first-order valence-electron chi connectivity index (χ1n) is 5.79. The van der Waals surface area contributed by atoms with Crippen molar-refractivity contribution in [3.63, 3.8) is 0 Å². The van der Waals surface area contributed by atoms with Crippen LogP contribution in [0.4, 0.5) is 0 Å². The highest BCUT2D eigenvalue weighted by Gasteiger charge is 2.11. The van der Waals surface area contributed by atoms with Crippen LogP contribution >= 0.6 is 23.6 Å². The van der Waals surface area contributed by atoms with E-state index in [1.54, 1.807) is 18.4 Å². The van der Waals surface area contributed by atoms with Crippen LogP contribution < -0.4 is 4.74 Å². The van der Waals surface area contributed by atoms with Gasteiger partial charge >= 0.3 is 0 Å². The van der Waals surface area contributed by atoms with Gasteiger partial charge in [-0.15, -0.1) is 11.3 Å². The Balaban J connectivity index is 1.99. The molecule has 19 heavy (non-hydrogen) atoms. The smallest absolute Gasteiger partial charge is 0.242 e. The van der Waals surface area contributed by atoms with Crippen LogP contribution in [-0.4, -0.2) is 26.6 Å². The summed E-state index contributed by atoms with van der Waals surface area (Å²) >= 11 is 7.09. The molecule has 0 amide bonds. The average Bonchev–Trinajstić information content (AvgIpc) is 3.03. The molecule has 0 saturated heterocycles. The number of aromatic nitrogens is 4. The maximum Gasteiger partial charge on any atom is 0.242 e. The summed E-state index contributed by atoms with van der Waals surface area (Å²) in [4.78, 5) is 12.8. The Morgan fingerprint density at radius 2 is 2.37 bits per heavy atom. The molecule has 0 unspecified atom stereocenters. The minimum Gasteiger partial charge on any atom is -0.479 e. The first kappa shape index (κ1) is 12.3. The van der Waals surface area contributed by atoms with Gasteiger partial charge in [0.25, 0.3) is 0 Å². The Kier molecular flexibility index (Phi) is 3.31. The molecule has 0 spiro atoms. The van der Waals surface area contributed by atoms with Crippen molar-refractivity contribution in [3.05, 3.63) is 33.5 Å². The van der Waals surface area contributed by atoms with E-state index in [2.05, 4.69) is 32.5 Å². The van der Waals surface area contributed by atoms with Gasteiger partial charge in [-0.05, 0) is 30.1 Å². The molecule has 3 aromatic rings. The highest BCUT2D eigenvalue weighted by atomic mass is 32.1. The third-order valence-corrected chi connectivity index (χ3v) is 4.14. The molecule has 0 aromatic carbocycles. The van der Waals surface area contributed by atoms with E-state index in [9.17, 15) is 0 Å². The molecule has 0 aliphatic carbocycles. The van der Waals surface area contributed by atoms with Gasteiger partial charge in [0.05, 0.1) is 7.11 Å². The van der Waals surface area contributed by atoms with Crippen molar-refractivity contribution >= 4 is 34.7 Å². The Labute approximate surface area is 118 Å². The van der Waals surface area contributed by atoms with Crippen molar-refractivity contribution in [2.45, 2.75) is 13.0 Å². The lowest BCUT2D eigenvalue weighted by Crippen LogP contribution is -2.02. The fourth-order valence-corrected chi connectivity index (χ4v) is 2.96. The first-order chi connectivity index (χ1) is 9.29. The molecule has 0 fully saturated rings. The van der Waals surface area contributed by atoms with Crippen LogP contribution in [0.1, 0.15) is 4.88 Å². The second kappa shape index (κ2) is 5.10. The number of rotatable bonds is 4. The van der Waals surface area contributed by atoms with Crippen LogP contribution in [0.25, 0.3) is 11.2 Å². The van der Waals surface area contributed by atoms with Crippen LogP contribution in [-0.2, 0) is 13.0 Å². The number of methoxy groups -OCH3 is 1. The van der Waals surface area contributed by atoms with Crippen LogP contribution in [0.5, 0.6) is 5.88 Å². The molecule has 0 aliphatic heterocycles. The number of nitrogens with zero attached hydrogens (tertiary/aromatic N) is 3. The lowest BCUT2D eigenvalue weighted by molar-refractivity contribution is 0.401. The maximum absolute atomic E-state index is 5.34. The normalized spacial score (nSPS) is 11.0. The minimum atomic E-state index is 0.519. The molecule has 98 valence electrons. The van der Waals surface area contributed by atoms with E-state index in [0.29, 0.717) is 10.7 Å². The number of hydrogen-bond acceptors (Lipinski definition) is 5. The van der Waals surface area contributed by atoms with Crippen molar-refractivity contribution in [2.24, 2.45) is 0 Å². The maximum atomic E-state index is 5.34. The van der Waals surface area contributed by atoms with E-state index in [1.165, 1.54) is 11.2 Å². The zero-order valence-electron chi connectivity index (χ0n) is 10.3. The summed E-state index contributed by atoms with van der Waals surface area (Å²) in [6, 6.07) is 4.18. The fraction of sp³-hybridized carbons (Fsp3) is 0.250. The first-order valence-corrected chi connectivity index (χ1v) is 7.08. The molecule has 3 aromatic heterocycles. The van der Waals surface area contributed by atoms with Gasteiger partial charge in [0.2, 0.25) is 5.88 Å². The van der Waals surface area contributed by atoms with Crippen molar-refractivity contribution in [2.75, 3.05) is 7.11 Å². The fourth-order valence-electron chi connectivity index (χ4n) is 1.98. The van der Waals surface area contributed by atoms with Crippen molar-refractivity contribution in [1.82, 2.24) is 19.5 Å². The third kappa shape index (κ3) is 2.26.